The highest BCUT2D eigenvalue weighted by Crippen LogP contribution is 2.30. The molecule has 0 amide bonds. The summed E-state index contributed by atoms with van der Waals surface area (Å²) >= 11 is 0. The lowest BCUT2D eigenvalue weighted by molar-refractivity contribution is 0.338. The highest BCUT2D eigenvalue weighted by molar-refractivity contribution is 4.93. The second-order valence-electron chi connectivity index (χ2n) is 3.87. The third kappa shape index (κ3) is 2.08. The van der Waals surface area contributed by atoms with Crippen molar-refractivity contribution in [1.82, 2.24) is 10.1 Å². The first kappa shape index (κ1) is 8.73. The summed E-state index contributed by atoms with van der Waals surface area (Å²) in [7, 11) is 0. The standard InChI is InChI=1S/C10H16N2O/c1-8-11-10(13-12-8)9-6-4-2-3-5-7-9/h9H,2-7H2,1H3. The molecule has 72 valence electrons. The van der Waals surface area contributed by atoms with E-state index in [2.05, 4.69) is 10.1 Å². The van der Waals surface area contributed by atoms with Crippen LogP contribution in [0.15, 0.2) is 4.52 Å². The van der Waals surface area contributed by atoms with Crippen molar-refractivity contribution in [2.45, 2.75) is 51.4 Å². The molecule has 3 nitrogen and oxygen atoms in total. The number of rotatable bonds is 1. The van der Waals surface area contributed by atoms with E-state index in [4.69, 9.17) is 4.52 Å². The minimum Gasteiger partial charge on any atom is -0.339 e. The van der Waals surface area contributed by atoms with Gasteiger partial charge in [0.1, 0.15) is 0 Å². The number of hydrogen-bond acceptors (Lipinski definition) is 3. The Morgan fingerprint density at radius 1 is 1.15 bits per heavy atom. The van der Waals surface area contributed by atoms with E-state index in [1.165, 1.54) is 38.5 Å². The van der Waals surface area contributed by atoms with Gasteiger partial charge in [-0.15, -0.1) is 0 Å². The Labute approximate surface area is 78.5 Å². The third-order valence-electron chi connectivity index (χ3n) is 2.75. The van der Waals surface area contributed by atoms with Gasteiger partial charge < -0.3 is 4.52 Å². The van der Waals surface area contributed by atoms with Crippen molar-refractivity contribution in [3.05, 3.63) is 11.7 Å². The Bertz CT molecular complexity index is 262. The normalized spacial score (nSPS) is 20.1. The molecule has 0 spiro atoms. The van der Waals surface area contributed by atoms with Crippen molar-refractivity contribution < 1.29 is 4.52 Å². The molecule has 13 heavy (non-hydrogen) atoms. The molecular weight excluding hydrogens is 164 g/mol. The molecule has 0 unspecified atom stereocenters. The molecule has 1 aromatic rings. The minimum atomic E-state index is 0.531. The van der Waals surface area contributed by atoms with E-state index in [0.717, 1.165) is 11.7 Å². The molecular formula is C10H16N2O. The van der Waals surface area contributed by atoms with Gasteiger partial charge in [-0.1, -0.05) is 30.8 Å². The lowest BCUT2D eigenvalue weighted by atomic mass is 10.0. The zero-order valence-corrected chi connectivity index (χ0v) is 8.12. The molecule has 1 heterocycles. The number of aryl methyl sites for hydroxylation is 1. The van der Waals surface area contributed by atoms with Crippen molar-refractivity contribution in [2.75, 3.05) is 0 Å². The molecule has 0 aromatic carbocycles. The van der Waals surface area contributed by atoms with Crippen molar-refractivity contribution in [2.24, 2.45) is 0 Å². The molecule has 0 N–H and O–H groups in total. The summed E-state index contributed by atoms with van der Waals surface area (Å²) in [4.78, 5) is 4.30. The first-order valence-corrected chi connectivity index (χ1v) is 5.16. The predicted molar refractivity (Wildman–Crippen MR) is 49.5 cm³/mol. The number of aromatic nitrogens is 2. The van der Waals surface area contributed by atoms with Crippen LogP contribution in [0.5, 0.6) is 0 Å². The van der Waals surface area contributed by atoms with Crippen molar-refractivity contribution >= 4 is 0 Å². The summed E-state index contributed by atoms with van der Waals surface area (Å²) in [5.74, 6) is 2.15. The maximum Gasteiger partial charge on any atom is 0.229 e. The average Bonchev–Trinajstić information content (AvgIpc) is 2.43. The lowest BCUT2D eigenvalue weighted by Crippen LogP contribution is -1.97. The van der Waals surface area contributed by atoms with Gasteiger partial charge in [0.05, 0.1) is 0 Å². The fourth-order valence-electron chi connectivity index (χ4n) is 2.01. The lowest BCUT2D eigenvalue weighted by Gasteiger charge is -2.06. The van der Waals surface area contributed by atoms with Crippen LogP contribution in [0.2, 0.25) is 0 Å². The van der Waals surface area contributed by atoms with Gasteiger partial charge in [0, 0.05) is 5.92 Å². The van der Waals surface area contributed by atoms with Crippen molar-refractivity contribution in [3.8, 4) is 0 Å². The molecule has 0 atom stereocenters. The van der Waals surface area contributed by atoms with E-state index < -0.39 is 0 Å². The summed E-state index contributed by atoms with van der Waals surface area (Å²) < 4.78 is 5.20. The Hall–Kier alpha value is -0.860. The molecule has 1 aliphatic carbocycles. The summed E-state index contributed by atoms with van der Waals surface area (Å²) in [6.07, 6.45) is 7.80. The summed E-state index contributed by atoms with van der Waals surface area (Å²) in [5, 5.41) is 3.84. The van der Waals surface area contributed by atoms with Gasteiger partial charge >= 0.3 is 0 Å². The predicted octanol–water partition coefficient (Wildman–Crippen LogP) is 2.82. The largest absolute Gasteiger partial charge is 0.339 e. The van der Waals surface area contributed by atoms with E-state index in [1.54, 1.807) is 0 Å². The maximum absolute atomic E-state index is 5.20. The van der Waals surface area contributed by atoms with Crippen LogP contribution in [0.3, 0.4) is 0 Å². The maximum atomic E-state index is 5.20. The van der Waals surface area contributed by atoms with Crippen LogP contribution < -0.4 is 0 Å². The highest BCUT2D eigenvalue weighted by Gasteiger charge is 2.19. The fourth-order valence-corrected chi connectivity index (χ4v) is 2.01. The van der Waals surface area contributed by atoms with Gasteiger partial charge in [0.2, 0.25) is 5.89 Å². The van der Waals surface area contributed by atoms with Crippen LogP contribution in [-0.2, 0) is 0 Å². The van der Waals surface area contributed by atoms with Gasteiger partial charge in [-0.25, -0.2) is 0 Å². The average molecular weight is 180 g/mol. The second-order valence-corrected chi connectivity index (χ2v) is 3.87. The fraction of sp³-hybridized carbons (Fsp3) is 0.800. The molecule has 0 radical (unpaired) electrons. The molecule has 1 aliphatic rings. The molecule has 0 saturated heterocycles. The zero-order chi connectivity index (χ0) is 9.10. The van der Waals surface area contributed by atoms with Crippen LogP contribution in [0.4, 0.5) is 0 Å². The molecule has 1 saturated carbocycles. The van der Waals surface area contributed by atoms with Gasteiger partial charge in [-0.2, -0.15) is 4.98 Å². The smallest absolute Gasteiger partial charge is 0.229 e. The number of hydrogen-bond donors (Lipinski definition) is 0. The van der Waals surface area contributed by atoms with Gasteiger partial charge in [0.25, 0.3) is 0 Å². The van der Waals surface area contributed by atoms with Gasteiger partial charge in [-0.3, -0.25) is 0 Å². The first-order chi connectivity index (χ1) is 6.36. The van der Waals surface area contributed by atoms with E-state index in [0.29, 0.717) is 5.92 Å². The van der Waals surface area contributed by atoms with E-state index in [9.17, 15) is 0 Å². The quantitative estimate of drug-likeness (QED) is 0.624. The first-order valence-electron chi connectivity index (χ1n) is 5.16. The van der Waals surface area contributed by atoms with Crippen molar-refractivity contribution in [1.29, 1.82) is 0 Å². The van der Waals surface area contributed by atoms with Crippen LogP contribution in [0.1, 0.15) is 56.2 Å². The summed E-state index contributed by atoms with van der Waals surface area (Å²) in [5.41, 5.74) is 0. The SMILES string of the molecule is Cc1noc(C2CCCCCC2)n1. The zero-order valence-electron chi connectivity index (χ0n) is 8.12. The molecule has 2 rings (SSSR count). The van der Waals surface area contributed by atoms with Crippen LogP contribution in [0.25, 0.3) is 0 Å². The Kier molecular flexibility index (Phi) is 2.62. The van der Waals surface area contributed by atoms with Gasteiger partial charge in [-0.05, 0) is 19.8 Å². The molecule has 1 aromatic heterocycles. The second kappa shape index (κ2) is 3.90. The van der Waals surface area contributed by atoms with Crippen molar-refractivity contribution in [3.63, 3.8) is 0 Å². The van der Waals surface area contributed by atoms with Crippen LogP contribution in [0, 0.1) is 6.92 Å². The topological polar surface area (TPSA) is 38.9 Å². The van der Waals surface area contributed by atoms with Crippen LogP contribution >= 0.6 is 0 Å². The van der Waals surface area contributed by atoms with Gasteiger partial charge in [0.15, 0.2) is 5.82 Å². The Morgan fingerprint density at radius 3 is 2.38 bits per heavy atom. The molecule has 1 fully saturated rings. The molecule has 0 bridgehead atoms. The molecule has 3 heteroatoms. The minimum absolute atomic E-state index is 0.531. The monoisotopic (exact) mass is 180 g/mol. The number of nitrogens with zero attached hydrogens (tertiary/aromatic N) is 2. The Morgan fingerprint density at radius 2 is 1.85 bits per heavy atom. The molecule has 0 aliphatic heterocycles. The van der Waals surface area contributed by atoms with E-state index in [1.807, 2.05) is 6.92 Å². The van der Waals surface area contributed by atoms with E-state index >= 15 is 0 Å². The summed E-state index contributed by atoms with van der Waals surface area (Å²) in [6.45, 7) is 1.88. The Balaban J connectivity index is 2.06. The van der Waals surface area contributed by atoms with Crippen LogP contribution in [-0.4, -0.2) is 10.1 Å². The highest BCUT2D eigenvalue weighted by atomic mass is 16.5. The third-order valence-corrected chi connectivity index (χ3v) is 2.75. The summed E-state index contributed by atoms with van der Waals surface area (Å²) in [6, 6.07) is 0. The van der Waals surface area contributed by atoms with E-state index in [-0.39, 0.29) is 0 Å².